The number of hydrogen-bond donors (Lipinski definition) is 1. The molecule has 0 saturated heterocycles. The molecular formula is C14H16O3. The van der Waals surface area contributed by atoms with Gasteiger partial charge in [0.25, 0.3) is 0 Å². The number of carbonyl (C=O) groups excluding carboxylic acids is 1. The normalized spacial score (nSPS) is 31.4. The molecule has 3 rings (SSSR count). The van der Waals surface area contributed by atoms with Crippen LogP contribution in [0.25, 0.3) is 0 Å². The number of hydrogen-bond acceptors (Lipinski definition) is 3. The molecule has 1 N–H and O–H groups in total. The van der Waals surface area contributed by atoms with E-state index in [1.165, 1.54) is 0 Å². The second kappa shape index (κ2) is 3.84. The van der Waals surface area contributed by atoms with Gasteiger partial charge in [0, 0.05) is 12.2 Å². The number of benzene rings is 1. The summed E-state index contributed by atoms with van der Waals surface area (Å²) in [7, 11) is 0. The zero-order valence-corrected chi connectivity index (χ0v) is 9.69. The van der Waals surface area contributed by atoms with E-state index in [-0.39, 0.29) is 12.6 Å². The van der Waals surface area contributed by atoms with Gasteiger partial charge in [-0.1, -0.05) is 18.2 Å². The first-order chi connectivity index (χ1) is 8.25. The summed E-state index contributed by atoms with van der Waals surface area (Å²) in [6.45, 7) is 0.242. The van der Waals surface area contributed by atoms with Gasteiger partial charge < -0.3 is 9.84 Å². The smallest absolute Gasteiger partial charge is 0.339 e. The number of carbonyl (C=O) groups is 1. The van der Waals surface area contributed by atoms with Crippen LogP contribution in [0.2, 0.25) is 0 Å². The second-order valence-corrected chi connectivity index (χ2v) is 5.06. The van der Waals surface area contributed by atoms with Crippen molar-refractivity contribution in [3.05, 3.63) is 35.4 Å². The maximum Gasteiger partial charge on any atom is 0.339 e. The van der Waals surface area contributed by atoms with E-state index >= 15 is 0 Å². The standard InChI is InChI=1S/C14H16O3/c15-9-10-5-7-14(8-6-10)12-4-2-1-3-11(12)13(16)17-14/h1-4,10,15H,5-9H2. The Kier molecular flexibility index (Phi) is 2.44. The average molecular weight is 232 g/mol. The van der Waals surface area contributed by atoms with Crippen molar-refractivity contribution >= 4 is 5.97 Å². The maximum atomic E-state index is 11.8. The molecule has 1 aromatic carbocycles. The topological polar surface area (TPSA) is 46.5 Å². The van der Waals surface area contributed by atoms with E-state index in [4.69, 9.17) is 9.84 Å². The molecule has 0 unspecified atom stereocenters. The maximum absolute atomic E-state index is 11.8. The van der Waals surface area contributed by atoms with Crippen molar-refractivity contribution in [2.75, 3.05) is 6.61 Å². The molecule has 3 heteroatoms. The Labute approximate surface area is 100 Å². The van der Waals surface area contributed by atoms with Crippen LogP contribution in [0.3, 0.4) is 0 Å². The number of esters is 1. The highest BCUT2D eigenvalue weighted by Gasteiger charge is 2.47. The third-order valence-corrected chi connectivity index (χ3v) is 4.10. The van der Waals surface area contributed by atoms with Gasteiger partial charge in [-0.05, 0) is 37.7 Å². The molecule has 1 saturated carbocycles. The zero-order valence-electron chi connectivity index (χ0n) is 9.69. The predicted molar refractivity (Wildman–Crippen MR) is 62.6 cm³/mol. The summed E-state index contributed by atoms with van der Waals surface area (Å²) in [5.41, 5.74) is 1.36. The fourth-order valence-electron chi connectivity index (χ4n) is 3.04. The molecule has 1 aliphatic heterocycles. The lowest BCUT2D eigenvalue weighted by atomic mass is 9.75. The van der Waals surface area contributed by atoms with Gasteiger partial charge in [0.05, 0.1) is 5.56 Å². The first-order valence-corrected chi connectivity index (χ1v) is 6.19. The zero-order chi connectivity index (χ0) is 11.9. The minimum atomic E-state index is -0.403. The number of ether oxygens (including phenoxy) is 1. The van der Waals surface area contributed by atoms with Crippen LogP contribution < -0.4 is 0 Å². The summed E-state index contributed by atoms with van der Waals surface area (Å²) < 4.78 is 5.63. The van der Waals surface area contributed by atoms with Crippen LogP contribution in [-0.2, 0) is 10.3 Å². The number of aliphatic hydroxyl groups is 1. The number of rotatable bonds is 1. The van der Waals surface area contributed by atoms with Gasteiger partial charge in [0.2, 0.25) is 0 Å². The monoisotopic (exact) mass is 232 g/mol. The molecule has 0 radical (unpaired) electrons. The third-order valence-electron chi connectivity index (χ3n) is 4.10. The lowest BCUT2D eigenvalue weighted by molar-refractivity contribution is -0.0398. The van der Waals surface area contributed by atoms with E-state index in [0.717, 1.165) is 36.8 Å². The molecule has 1 spiro atoms. The summed E-state index contributed by atoms with van der Waals surface area (Å²) in [4.78, 5) is 11.8. The van der Waals surface area contributed by atoms with Crippen molar-refractivity contribution in [2.24, 2.45) is 5.92 Å². The van der Waals surface area contributed by atoms with Crippen molar-refractivity contribution < 1.29 is 14.6 Å². The van der Waals surface area contributed by atoms with E-state index in [0.29, 0.717) is 5.92 Å². The summed E-state index contributed by atoms with van der Waals surface area (Å²) >= 11 is 0. The van der Waals surface area contributed by atoms with Crippen molar-refractivity contribution in [1.82, 2.24) is 0 Å². The molecule has 0 amide bonds. The molecule has 1 aliphatic carbocycles. The van der Waals surface area contributed by atoms with Crippen LogP contribution in [0.4, 0.5) is 0 Å². The van der Waals surface area contributed by atoms with Crippen LogP contribution in [-0.4, -0.2) is 17.7 Å². The molecule has 90 valence electrons. The highest BCUT2D eigenvalue weighted by atomic mass is 16.6. The van der Waals surface area contributed by atoms with E-state index in [1.54, 1.807) is 0 Å². The molecule has 0 aromatic heterocycles. The number of fused-ring (bicyclic) bond motifs is 2. The van der Waals surface area contributed by atoms with Gasteiger partial charge in [-0.25, -0.2) is 4.79 Å². The van der Waals surface area contributed by atoms with Crippen molar-refractivity contribution in [3.63, 3.8) is 0 Å². The summed E-state index contributed by atoms with van der Waals surface area (Å²) in [5.74, 6) is 0.176. The fourth-order valence-corrected chi connectivity index (χ4v) is 3.04. The molecule has 17 heavy (non-hydrogen) atoms. The second-order valence-electron chi connectivity index (χ2n) is 5.06. The lowest BCUT2D eigenvalue weighted by Crippen LogP contribution is -2.32. The summed E-state index contributed by atoms with van der Waals surface area (Å²) in [5, 5.41) is 9.16. The lowest BCUT2D eigenvalue weighted by Gasteiger charge is -2.35. The van der Waals surface area contributed by atoms with E-state index in [9.17, 15) is 4.79 Å². The van der Waals surface area contributed by atoms with Gasteiger partial charge in [0.15, 0.2) is 0 Å². The van der Waals surface area contributed by atoms with E-state index in [2.05, 4.69) is 0 Å². The van der Waals surface area contributed by atoms with Crippen LogP contribution in [0, 0.1) is 5.92 Å². The summed E-state index contributed by atoms with van der Waals surface area (Å²) in [6.07, 6.45) is 3.53. The Balaban J connectivity index is 1.93. The minimum absolute atomic E-state index is 0.192. The quantitative estimate of drug-likeness (QED) is 0.755. The molecule has 1 fully saturated rings. The Morgan fingerprint density at radius 3 is 2.71 bits per heavy atom. The van der Waals surface area contributed by atoms with Crippen LogP contribution >= 0.6 is 0 Å². The van der Waals surface area contributed by atoms with Crippen molar-refractivity contribution in [3.8, 4) is 0 Å². The minimum Gasteiger partial charge on any atom is -0.451 e. The molecule has 1 heterocycles. The van der Waals surface area contributed by atoms with E-state index in [1.807, 2.05) is 24.3 Å². The fraction of sp³-hybridized carbons (Fsp3) is 0.500. The van der Waals surface area contributed by atoms with Gasteiger partial charge in [-0.15, -0.1) is 0 Å². The predicted octanol–water partition coefficient (Wildman–Crippen LogP) is 2.23. The van der Waals surface area contributed by atoms with Crippen molar-refractivity contribution in [2.45, 2.75) is 31.3 Å². The van der Waals surface area contributed by atoms with Gasteiger partial charge >= 0.3 is 5.97 Å². The third kappa shape index (κ3) is 1.57. The Bertz CT molecular complexity index is 445. The van der Waals surface area contributed by atoms with Gasteiger partial charge in [0.1, 0.15) is 5.60 Å². The largest absolute Gasteiger partial charge is 0.451 e. The molecule has 0 bridgehead atoms. The van der Waals surface area contributed by atoms with Crippen LogP contribution in [0.1, 0.15) is 41.6 Å². The Hall–Kier alpha value is -1.35. The van der Waals surface area contributed by atoms with Crippen LogP contribution in [0.15, 0.2) is 24.3 Å². The Morgan fingerprint density at radius 1 is 1.29 bits per heavy atom. The molecule has 2 aliphatic rings. The highest BCUT2D eigenvalue weighted by Crippen LogP contribution is 2.47. The first-order valence-electron chi connectivity index (χ1n) is 6.19. The van der Waals surface area contributed by atoms with Crippen LogP contribution in [0.5, 0.6) is 0 Å². The average Bonchev–Trinajstić information content (AvgIpc) is 2.65. The molecule has 3 nitrogen and oxygen atoms in total. The highest BCUT2D eigenvalue weighted by molar-refractivity contribution is 5.94. The molecule has 0 atom stereocenters. The van der Waals surface area contributed by atoms with Crippen molar-refractivity contribution in [1.29, 1.82) is 0 Å². The molecule has 1 aromatic rings. The molecular weight excluding hydrogens is 216 g/mol. The van der Waals surface area contributed by atoms with Gasteiger partial charge in [-0.3, -0.25) is 0 Å². The first kappa shape index (κ1) is 10.8. The van der Waals surface area contributed by atoms with E-state index < -0.39 is 5.60 Å². The Morgan fingerprint density at radius 2 is 2.00 bits per heavy atom. The van der Waals surface area contributed by atoms with Gasteiger partial charge in [-0.2, -0.15) is 0 Å². The SMILES string of the molecule is O=C1OC2(CCC(CO)CC2)c2ccccc21. The summed E-state index contributed by atoms with van der Waals surface area (Å²) in [6, 6.07) is 7.67. The number of aliphatic hydroxyl groups excluding tert-OH is 1.